The zero-order valence-electron chi connectivity index (χ0n) is 47.4. The highest BCUT2D eigenvalue weighted by atomic mass is 19.1. The third kappa shape index (κ3) is 13.9. The summed E-state index contributed by atoms with van der Waals surface area (Å²) >= 11 is 0. The van der Waals surface area contributed by atoms with Gasteiger partial charge in [0, 0.05) is 60.6 Å². The van der Waals surface area contributed by atoms with Gasteiger partial charge in [0.15, 0.2) is 5.78 Å². The molecule has 0 spiro atoms. The minimum atomic E-state index is -1.06. The zero-order valence-corrected chi connectivity index (χ0v) is 47.4. The summed E-state index contributed by atoms with van der Waals surface area (Å²) < 4.78 is 40.6. The van der Waals surface area contributed by atoms with E-state index in [1.165, 1.54) is 70.5 Å². The van der Waals surface area contributed by atoms with E-state index in [2.05, 4.69) is 37.2 Å². The molecule has 1 unspecified atom stereocenters. The number of ketones is 1. The number of benzene rings is 3. The lowest BCUT2D eigenvalue weighted by atomic mass is 9.83. The number of likely N-dealkylation sites (tertiary alicyclic amines) is 2. The Morgan fingerprint density at radius 3 is 1.49 bits per heavy atom. The van der Waals surface area contributed by atoms with E-state index in [9.17, 15) is 47.1 Å². The van der Waals surface area contributed by atoms with Crippen molar-refractivity contribution in [2.24, 2.45) is 17.8 Å². The quantitative estimate of drug-likeness (QED) is 0.0778. The van der Waals surface area contributed by atoms with Gasteiger partial charge in [0.25, 0.3) is 5.91 Å². The number of hydrogen-bond acceptors (Lipinski definition) is 12. The molecule has 442 valence electrons. The first-order chi connectivity index (χ1) is 39.5. The van der Waals surface area contributed by atoms with Crippen molar-refractivity contribution in [1.29, 1.82) is 0 Å². The van der Waals surface area contributed by atoms with Crippen LogP contribution < -0.4 is 46.7 Å². The van der Waals surface area contributed by atoms with Crippen LogP contribution in [0, 0.1) is 29.4 Å². The number of carbonyl (C=O) groups is 8. The number of rotatable bonds is 19. The van der Waals surface area contributed by atoms with E-state index < -0.39 is 101 Å². The lowest BCUT2D eigenvalue weighted by Crippen LogP contribution is -2.58. The second-order valence-corrected chi connectivity index (χ2v) is 23.3. The van der Waals surface area contributed by atoms with Gasteiger partial charge in [0.1, 0.15) is 47.3 Å². The van der Waals surface area contributed by atoms with E-state index in [1.54, 1.807) is 27.9 Å². The smallest absolute Gasteiger partial charge is 0.251 e. The number of likely N-dealkylation sites (N-methyl/N-ethyl adjacent to an activating group) is 2. The van der Waals surface area contributed by atoms with Crippen LogP contribution in [0.5, 0.6) is 11.5 Å². The van der Waals surface area contributed by atoms with E-state index >= 15 is 0 Å². The summed E-state index contributed by atoms with van der Waals surface area (Å²) in [6, 6.07) is 7.39. The molecule has 9 rings (SSSR count). The van der Waals surface area contributed by atoms with E-state index in [0.29, 0.717) is 53.9 Å². The molecule has 19 nitrogen and oxygen atoms in total. The summed E-state index contributed by atoms with van der Waals surface area (Å²) in [6.45, 7) is 3.98. The van der Waals surface area contributed by atoms with Crippen LogP contribution in [0.3, 0.4) is 0 Å². The maximum Gasteiger partial charge on any atom is 0.251 e. The molecule has 7 N–H and O–H groups in total. The highest BCUT2D eigenvalue weighted by molar-refractivity contribution is 6.00. The molecular formula is C61H79F2N9O10. The predicted molar refractivity (Wildman–Crippen MR) is 299 cm³/mol. The van der Waals surface area contributed by atoms with Gasteiger partial charge in [-0.15, -0.1) is 0 Å². The van der Waals surface area contributed by atoms with Gasteiger partial charge < -0.3 is 56.5 Å². The van der Waals surface area contributed by atoms with Crippen molar-refractivity contribution in [3.8, 4) is 11.5 Å². The molecule has 0 aromatic heterocycles. The maximum atomic E-state index is 14.9. The Balaban J connectivity index is 0.903. The van der Waals surface area contributed by atoms with E-state index in [4.69, 9.17) is 9.47 Å². The van der Waals surface area contributed by atoms with Gasteiger partial charge in [0.2, 0.25) is 35.4 Å². The highest BCUT2D eigenvalue weighted by Crippen LogP contribution is 2.37. The molecule has 4 aliphatic heterocycles. The molecule has 7 amide bonds. The van der Waals surface area contributed by atoms with Gasteiger partial charge in [-0.25, -0.2) is 8.78 Å². The molecule has 2 aliphatic carbocycles. The lowest BCUT2D eigenvalue weighted by Gasteiger charge is -2.35. The second-order valence-electron chi connectivity index (χ2n) is 23.3. The van der Waals surface area contributed by atoms with Gasteiger partial charge in [-0.2, -0.15) is 0 Å². The number of nitrogens with one attached hydrogen (secondary N) is 7. The van der Waals surface area contributed by atoms with Gasteiger partial charge in [0.05, 0.1) is 37.4 Å². The fourth-order valence-corrected chi connectivity index (χ4v) is 12.9. The normalized spacial score (nSPS) is 24.2. The number of amides is 7. The van der Waals surface area contributed by atoms with Crippen LogP contribution in [0.25, 0.3) is 0 Å². The Morgan fingerprint density at radius 2 is 1.01 bits per heavy atom. The third-order valence-electron chi connectivity index (χ3n) is 17.8. The Bertz CT molecular complexity index is 2660. The minimum absolute atomic E-state index is 0.0391. The molecule has 0 radical (unpaired) electrons. The van der Waals surface area contributed by atoms with Gasteiger partial charge in [-0.05, 0) is 133 Å². The Kier molecular flexibility index (Phi) is 19.6. The van der Waals surface area contributed by atoms with Crippen LogP contribution in [0.2, 0.25) is 0 Å². The number of ether oxygens (including phenoxy) is 2. The van der Waals surface area contributed by atoms with E-state index in [1.807, 2.05) is 0 Å². The molecule has 0 bridgehead atoms. The standard InChI is InChI=1S/C61H79F2N9O10/c1-34(64-3)55(74)69-53(38-11-7-5-8-12-38)60(79)71-32-36(27-48(71)58(77)67-46-23-25-81-51-21-19-41(62)29-44(46)51)28-50(73)37-15-17-40(18-16-37)57(76)66-43-31-49(59(78)68-47-24-26-82-52-22-20-42(63)30-45(47)52)72(33-43)61(80)54(39-13-9-6-10-14-39)70-56(75)35(2)65-4/h15-22,29-30,34-36,38-39,43,46-49,53-54,64-65H,5-14,23-28,31-33H2,1-4H3,(H,66,76)(H,67,77)(H,68,78)(H,69,74)(H,70,75)/t34-,35-,36+,43-,46+,47+,48-,49?,53-,54-/m0/s1. The van der Waals surface area contributed by atoms with Crippen LogP contribution in [0.4, 0.5) is 8.78 Å². The topological polar surface area (TPSA) is 246 Å². The summed E-state index contributed by atoms with van der Waals surface area (Å²) in [6.07, 6.45) is 9.32. The monoisotopic (exact) mass is 1140 g/mol. The SMILES string of the molecule is CN[C@@H](C)C(=O)N[C@H](C(=O)N1C[C@@H](NC(=O)c2ccc(C(=O)C[C@H]3C[C@@H](C(=O)N[C@@H]4CCOc5ccc(F)cc54)N(C(=O)[C@@H](NC(=O)[C@H](C)NC)C4CCCCC4)C3)cc2)CC1C(=O)N[C@@H]1CCOc2ccc(F)cc21)C1CCCCC1. The molecule has 10 atom stereocenters. The van der Waals surface area contributed by atoms with Gasteiger partial charge in [-0.1, -0.05) is 50.7 Å². The summed E-state index contributed by atoms with van der Waals surface area (Å²) in [5, 5.41) is 21.0. The van der Waals surface area contributed by atoms with Crippen molar-refractivity contribution < 1.29 is 56.6 Å². The molecule has 6 aliphatic rings. The van der Waals surface area contributed by atoms with Gasteiger partial charge in [-0.3, -0.25) is 38.4 Å². The van der Waals surface area contributed by atoms with Crippen LogP contribution in [-0.4, -0.2) is 140 Å². The summed E-state index contributed by atoms with van der Waals surface area (Å²) in [5.41, 5.74) is 1.46. The molecule has 2 saturated heterocycles. The molecule has 21 heteroatoms. The fraction of sp³-hybridized carbons (Fsp3) is 0.574. The van der Waals surface area contributed by atoms with Crippen molar-refractivity contribution in [1.82, 2.24) is 47.0 Å². The first-order valence-electron chi connectivity index (χ1n) is 29.5. The average Bonchev–Trinajstić information content (AvgIpc) is 4.31. The van der Waals surface area contributed by atoms with E-state index in [0.717, 1.165) is 51.4 Å². The van der Waals surface area contributed by atoms with Crippen LogP contribution in [0.15, 0.2) is 60.7 Å². The van der Waals surface area contributed by atoms with E-state index in [-0.39, 0.29) is 80.6 Å². The summed E-state index contributed by atoms with van der Waals surface area (Å²) in [5.74, 6) is -4.16. The molecule has 4 heterocycles. The molecule has 3 aromatic rings. The number of hydrogen-bond donors (Lipinski definition) is 7. The Labute approximate surface area is 477 Å². The lowest BCUT2D eigenvalue weighted by molar-refractivity contribution is -0.143. The average molecular weight is 1140 g/mol. The number of nitrogens with zero attached hydrogens (tertiary/aromatic N) is 2. The second kappa shape index (κ2) is 26.9. The van der Waals surface area contributed by atoms with Crippen LogP contribution in [0.1, 0.15) is 154 Å². The Morgan fingerprint density at radius 1 is 0.561 bits per heavy atom. The molecule has 82 heavy (non-hydrogen) atoms. The number of fused-ring (bicyclic) bond motifs is 2. The molecule has 2 saturated carbocycles. The maximum absolute atomic E-state index is 14.9. The van der Waals surface area contributed by atoms with Gasteiger partial charge >= 0.3 is 0 Å². The van der Waals surface area contributed by atoms with Crippen LogP contribution in [-0.2, 0) is 28.8 Å². The largest absolute Gasteiger partial charge is 0.493 e. The van der Waals surface area contributed by atoms with Crippen molar-refractivity contribution in [3.05, 3.63) is 94.6 Å². The van der Waals surface area contributed by atoms with Crippen LogP contribution >= 0.6 is 0 Å². The third-order valence-corrected chi connectivity index (χ3v) is 17.8. The fourth-order valence-electron chi connectivity index (χ4n) is 12.9. The van der Waals surface area contributed by atoms with Crippen molar-refractivity contribution in [2.45, 2.75) is 165 Å². The summed E-state index contributed by atoms with van der Waals surface area (Å²) in [7, 11) is 3.31. The molecule has 3 aromatic carbocycles. The van der Waals surface area contributed by atoms with Crippen molar-refractivity contribution in [3.63, 3.8) is 0 Å². The number of Topliss-reactive ketones (excluding diaryl/α,β-unsaturated/α-hetero) is 1. The zero-order chi connectivity index (χ0) is 58.2. The first kappa shape index (κ1) is 59.6. The number of carbonyl (C=O) groups excluding carboxylic acids is 8. The number of halogens is 2. The highest BCUT2D eigenvalue weighted by Gasteiger charge is 2.47. The molecule has 4 fully saturated rings. The predicted octanol–water partition coefficient (Wildman–Crippen LogP) is 5.08. The minimum Gasteiger partial charge on any atom is -0.493 e. The molecular weight excluding hydrogens is 1060 g/mol. The van der Waals surface area contributed by atoms with Crippen molar-refractivity contribution >= 4 is 47.1 Å². The first-order valence-corrected chi connectivity index (χ1v) is 29.5. The summed E-state index contributed by atoms with van der Waals surface area (Å²) in [4.78, 5) is 117. The van der Waals surface area contributed by atoms with Crippen molar-refractivity contribution in [2.75, 3.05) is 40.4 Å². The Hall–Kier alpha value is -7.00.